The molecule has 13 heteroatoms. The van der Waals surface area contributed by atoms with Gasteiger partial charge in [0.05, 0.1) is 18.8 Å². The van der Waals surface area contributed by atoms with Crippen LogP contribution in [0, 0.1) is 0 Å². The Labute approximate surface area is 292 Å². The fraction of sp³-hybridized carbons (Fsp3) is 0.595. The Kier molecular flexibility index (Phi) is 11.2. The van der Waals surface area contributed by atoms with Crippen LogP contribution in [0.2, 0.25) is 0 Å². The Morgan fingerprint density at radius 3 is 2.32 bits per heavy atom. The average Bonchev–Trinajstić information content (AvgIpc) is 3.71. The number of amides is 2. The smallest absolute Gasteiger partial charge is 0.303 e. The summed E-state index contributed by atoms with van der Waals surface area (Å²) in [5.74, 6) is 0.170. The lowest BCUT2D eigenvalue weighted by Crippen LogP contribution is -2.40. The van der Waals surface area contributed by atoms with Crippen LogP contribution in [0.25, 0.3) is 11.1 Å². The molecule has 5 heterocycles. The summed E-state index contributed by atoms with van der Waals surface area (Å²) in [6, 6.07) is 3.62. The number of hydrogen-bond acceptors (Lipinski definition) is 6. The molecule has 1 saturated heterocycles. The molecule has 1 aromatic carbocycles. The molecular formula is C37H49F2N7O4. The van der Waals surface area contributed by atoms with Gasteiger partial charge in [0.2, 0.25) is 11.8 Å². The number of nitrogens with zero attached hydrogens (tertiary/aromatic N) is 7. The van der Waals surface area contributed by atoms with Crippen molar-refractivity contribution in [2.45, 2.75) is 109 Å². The molecule has 3 aromatic rings. The minimum Gasteiger partial charge on any atom is -0.481 e. The van der Waals surface area contributed by atoms with E-state index in [1.807, 2.05) is 15.9 Å². The van der Waals surface area contributed by atoms with Crippen molar-refractivity contribution >= 4 is 29.3 Å². The molecule has 1 fully saturated rings. The van der Waals surface area contributed by atoms with Gasteiger partial charge in [-0.05, 0) is 61.8 Å². The Morgan fingerprint density at radius 1 is 0.940 bits per heavy atom. The number of carboxylic acid groups (broad SMARTS) is 1. The molecule has 0 spiro atoms. The maximum Gasteiger partial charge on any atom is 0.303 e. The van der Waals surface area contributed by atoms with E-state index >= 15 is 0 Å². The predicted octanol–water partition coefficient (Wildman–Crippen LogP) is 6.58. The van der Waals surface area contributed by atoms with E-state index in [1.54, 1.807) is 37.1 Å². The Balaban J connectivity index is 1.18. The van der Waals surface area contributed by atoms with Crippen molar-refractivity contribution in [1.29, 1.82) is 0 Å². The molecule has 0 radical (unpaired) electrons. The Hall–Kier alpha value is -4.29. The summed E-state index contributed by atoms with van der Waals surface area (Å²) in [6.45, 7) is 4.56. The molecule has 1 N–H and O–H groups in total. The molecule has 0 saturated carbocycles. The van der Waals surface area contributed by atoms with Crippen LogP contribution in [0.1, 0.15) is 112 Å². The number of hydrogen-bond donors (Lipinski definition) is 1. The fourth-order valence-electron chi connectivity index (χ4n) is 7.85. The van der Waals surface area contributed by atoms with Crippen LogP contribution < -0.4 is 4.90 Å². The summed E-state index contributed by atoms with van der Waals surface area (Å²) in [4.78, 5) is 42.1. The lowest BCUT2D eigenvalue weighted by molar-refractivity contribution is -0.137. The van der Waals surface area contributed by atoms with E-state index in [4.69, 9.17) is 10.2 Å². The third-order valence-electron chi connectivity index (χ3n) is 10.6. The summed E-state index contributed by atoms with van der Waals surface area (Å²) in [7, 11) is 1.77. The zero-order valence-corrected chi connectivity index (χ0v) is 29.3. The average molecular weight is 694 g/mol. The number of halogens is 2. The molecule has 6 rings (SSSR count). The van der Waals surface area contributed by atoms with E-state index in [1.165, 1.54) is 0 Å². The minimum atomic E-state index is -2.66. The van der Waals surface area contributed by atoms with E-state index in [2.05, 4.69) is 14.7 Å². The van der Waals surface area contributed by atoms with Crippen LogP contribution in [0.5, 0.6) is 0 Å². The van der Waals surface area contributed by atoms with Crippen LogP contribution in [0.4, 0.5) is 20.3 Å². The van der Waals surface area contributed by atoms with Crippen molar-refractivity contribution in [1.82, 2.24) is 29.4 Å². The van der Waals surface area contributed by atoms with Crippen LogP contribution in [-0.4, -0.2) is 78.4 Å². The molecule has 50 heavy (non-hydrogen) atoms. The van der Waals surface area contributed by atoms with Crippen molar-refractivity contribution < 1.29 is 28.3 Å². The van der Waals surface area contributed by atoms with Crippen LogP contribution in [-0.2, 0) is 40.8 Å². The second-order valence-corrected chi connectivity index (χ2v) is 14.0. The van der Waals surface area contributed by atoms with Gasteiger partial charge in [0, 0.05) is 93.7 Å². The van der Waals surface area contributed by atoms with Gasteiger partial charge >= 0.3 is 5.97 Å². The molecule has 2 amide bonds. The van der Waals surface area contributed by atoms with E-state index in [-0.39, 0.29) is 29.8 Å². The maximum absolute atomic E-state index is 14.6. The standard InChI is InChI=1S/C37H49F2N7O4/c1-25(47)44-19-15-32-31(24-44)37(45-16-9-10-26-20-29(27-22-40-42(2)23-27)30(36(38)39)21-33(26)45)41-46(32)28-13-17-43(18-14-28)34(48)11-7-5-3-4-6-8-12-35(49)50/h20-23,28,36H,3-19,24H2,1-2H3,(H,49,50). The summed E-state index contributed by atoms with van der Waals surface area (Å²) in [5, 5.41) is 18.2. The third kappa shape index (κ3) is 7.86. The van der Waals surface area contributed by atoms with Gasteiger partial charge in [-0.3, -0.25) is 23.7 Å². The number of likely N-dealkylation sites (tertiary alicyclic amines) is 1. The highest BCUT2D eigenvalue weighted by Gasteiger charge is 2.35. The molecule has 0 unspecified atom stereocenters. The number of aryl methyl sites for hydroxylation is 2. The zero-order valence-electron chi connectivity index (χ0n) is 29.3. The van der Waals surface area contributed by atoms with Crippen molar-refractivity contribution in [3.8, 4) is 11.1 Å². The van der Waals surface area contributed by atoms with Gasteiger partial charge in [-0.25, -0.2) is 8.78 Å². The third-order valence-corrected chi connectivity index (χ3v) is 10.6. The number of unbranched alkanes of at least 4 members (excludes halogenated alkanes) is 5. The normalized spacial score (nSPS) is 16.5. The number of benzene rings is 1. The first-order chi connectivity index (χ1) is 24.1. The van der Waals surface area contributed by atoms with Gasteiger partial charge in [0.25, 0.3) is 6.43 Å². The van der Waals surface area contributed by atoms with Gasteiger partial charge < -0.3 is 19.8 Å². The quantitative estimate of drug-likeness (QED) is 0.201. The van der Waals surface area contributed by atoms with Gasteiger partial charge in [-0.1, -0.05) is 25.7 Å². The summed E-state index contributed by atoms with van der Waals surface area (Å²) >= 11 is 0. The molecule has 0 atom stereocenters. The molecule has 0 aliphatic carbocycles. The fourth-order valence-corrected chi connectivity index (χ4v) is 7.85. The number of aliphatic carboxylic acids is 1. The van der Waals surface area contributed by atoms with E-state index in [0.717, 1.165) is 86.1 Å². The molecule has 3 aliphatic rings. The van der Waals surface area contributed by atoms with E-state index in [0.29, 0.717) is 63.1 Å². The minimum absolute atomic E-state index is 0.000463. The number of fused-ring (bicyclic) bond motifs is 2. The summed E-state index contributed by atoms with van der Waals surface area (Å²) < 4.78 is 32.9. The van der Waals surface area contributed by atoms with Crippen LogP contribution in [0.15, 0.2) is 24.5 Å². The van der Waals surface area contributed by atoms with Crippen LogP contribution >= 0.6 is 0 Å². The summed E-state index contributed by atoms with van der Waals surface area (Å²) in [5.41, 5.74) is 4.94. The molecule has 11 nitrogen and oxygen atoms in total. The lowest BCUT2D eigenvalue weighted by atomic mass is 9.92. The van der Waals surface area contributed by atoms with Gasteiger partial charge in [-0.2, -0.15) is 10.2 Å². The van der Waals surface area contributed by atoms with Crippen molar-refractivity contribution in [3.05, 3.63) is 46.9 Å². The van der Waals surface area contributed by atoms with E-state index in [9.17, 15) is 23.2 Å². The second-order valence-electron chi connectivity index (χ2n) is 14.0. The Morgan fingerprint density at radius 2 is 1.66 bits per heavy atom. The molecule has 2 aromatic heterocycles. The first kappa shape index (κ1) is 35.5. The largest absolute Gasteiger partial charge is 0.481 e. The van der Waals surface area contributed by atoms with Gasteiger partial charge in [-0.15, -0.1) is 0 Å². The van der Waals surface area contributed by atoms with Crippen molar-refractivity contribution in [2.24, 2.45) is 7.05 Å². The summed E-state index contributed by atoms with van der Waals surface area (Å²) in [6.07, 6.45) is 10.7. The number of alkyl halides is 2. The highest BCUT2D eigenvalue weighted by atomic mass is 19.3. The van der Waals surface area contributed by atoms with E-state index < -0.39 is 12.4 Å². The topological polar surface area (TPSA) is 117 Å². The SMILES string of the molecule is CC(=O)N1CCc2c(c(N3CCCc4cc(-c5cnn(C)c5)c(C(F)F)cc43)nn2C2CCN(C(=O)CCCCCCCCC(=O)O)CC2)C1. The molecule has 3 aliphatic heterocycles. The number of rotatable bonds is 13. The first-order valence-corrected chi connectivity index (χ1v) is 18.2. The predicted molar refractivity (Wildman–Crippen MR) is 185 cm³/mol. The number of aromatic nitrogens is 4. The van der Waals surface area contributed by atoms with Crippen LogP contribution in [0.3, 0.4) is 0 Å². The second kappa shape index (κ2) is 15.7. The molecule has 0 bridgehead atoms. The highest BCUT2D eigenvalue weighted by Crippen LogP contribution is 2.43. The number of carbonyl (C=O) groups is 3. The van der Waals surface area contributed by atoms with Crippen molar-refractivity contribution in [2.75, 3.05) is 31.1 Å². The number of carboxylic acids is 1. The zero-order chi connectivity index (χ0) is 35.4. The Bertz CT molecular complexity index is 1690. The maximum atomic E-state index is 14.6. The lowest BCUT2D eigenvalue weighted by Gasteiger charge is -2.34. The number of piperidine rings is 1. The first-order valence-electron chi connectivity index (χ1n) is 18.2. The monoisotopic (exact) mass is 693 g/mol. The molecular weight excluding hydrogens is 644 g/mol. The molecule has 270 valence electrons. The number of anilines is 2. The van der Waals surface area contributed by atoms with Crippen molar-refractivity contribution in [3.63, 3.8) is 0 Å². The van der Waals surface area contributed by atoms with Gasteiger partial charge in [0.1, 0.15) is 0 Å². The number of carbonyl (C=O) groups excluding carboxylic acids is 2. The van der Waals surface area contributed by atoms with Gasteiger partial charge in [0.15, 0.2) is 5.82 Å². The highest BCUT2D eigenvalue weighted by molar-refractivity contribution is 5.78.